The smallest absolute Gasteiger partial charge is 0.239 e. The Bertz CT molecular complexity index is 432. The number of β-lactam (4-membered cyclic amide) rings is 1. The van der Waals surface area contributed by atoms with Gasteiger partial charge >= 0.3 is 0 Å². The quantitative estimate of drug-likeness (QED) is 0.602. The fourth-order valence-corrected chi connectivity index (χ4v) is 4.16. The molecule has 1 fully saturated rings. The molecule has 4 nitrogen and oxygen atoms in total. The highest BCUT2D eigenvalue weighted by Crippen LogP contribution is 2.57. The number of nitrogens with zero attached hydrogens (tertiary/aromatic N) is 1. The number of hydrogen-bond acceptors (Lipinski definition) is 4. The van der Waals surface area contributed by atoms with E-state index in [0.717, 1.165) is 4.91 Å². The van der Waals surface area contributed by atoms with Gasteiger partial charge in [0.15, 0.2) is 0 Å². The van der Waals surface area contributed by atoms with Crippen LogP contribution in [0.2, 0.25) is 0 Å². The van der Waals surface area contributed by atoms with Gasteiger partial charge in [0.25, 0.3) is 0 Å². The third kappa shape index (κ3) is 1.50. The molecular weight excluding hydrogens is 258 g/mol. The predicted octanol–water partition coefficient (Wildman–Crippen LogP) is 1.37. The highest BCUT2D eigenvalue weighted by molar-refractivity contribution is 8.04. The van der Waals surface area contributed by atoms with E-state index in [-0.39, 0.29) is 16.4 Å². The van der Waals surface area contributed by atoms with E-state index in [4.69, 9.17) is 0 Å². The lowest BCUT2D eigenvalue weighted by molar-refractivity contribution is -0.168. The van der Waals surface area contributed by atoms with Crippen LogP contribution < -0.4 is 0 Å². The second-order valence-electron chi connectivity index (χ2n) is 4.53. The van der Waals surface area contributed by atoms with Crippen LogP contribution >= 0.6 is 24.4 Å². The van der Waals surface area contributed by atoms with Gasteiger partial charge in [0.2, 0.25) is 11.0 Å². The number of thioether (sulfide) groups is 1. The zero-order chi connectivity index (χ0) is 13.0. The van der Waals surface area contributed by atoms with Gasteiger partial charge in [-0.15, -0.1) is 11.8 Å². The van der Waals surface area contributed by atoms with Crippen LogP contribution in [0.4, 0.5) is 0 Å². The van der Waals surface area contributed by atoms with Crippen molar-refractivity contribution in [2.75, 3.05) is 0 Å². The van der Waals surface area contributed by atoms with Gasteiger partial charge in [-0.2, -0.15) is 0 Å². The topological polar surface area (TPSA) is 57.6 Å². The summed E-state index contributed by atoms with van der Waals surface area (Å²) in [5, 5.41) is 9.20. The molecule has 0 aliphatic carbocycles. The molecular formula is C11H15NO3S2. The summed E-state index contributed by atoms with van der Waals surface area (Å²) in [6, 6.07) is 0. The van der Waals surface area contributed by atoms with Crippen molar-refractivity contribution in [3.8, 4) is 0 Å². The fraction of sp³-hybridized carbons (Fsp3) is 0.636. The molecule has 2 rings (SSSR count). The van der Waals surface area contributed by atoms with E-state index >= 15 is 0 Å². The van der Waals surface area contributed by atoms with Gasteiger partial charge < -0.3 is 5.11 Å². The third-order valence-corrected chi connectivity index (χ3v) is 5.48. The van der Waals surface area contributed by atoms with Crippen molar-refractivity contribution in [1.82, 2.24) is 4.90 Å². The maximum Gasteiger partial charge on any atom is 0.239 e. The Labute approximate surface area is 110 Å². The largest absolute Gasteiger partial charge is 0.392 e. The van der Waals surface area contributed by atoms with Gasteiger partial charge in [-0.3, -0.25) is 14.5 Å². The van der Waals surface area contributed by atoms with Crippen LogP contribution in [0.1, 0.15) is 27.2 Å². The van der Waals surface area contributed by atoms with Crippen molar-refractivity contribution < 1.29 is 14.7 Å². The number of hydrogen-bond donors (Lipinski definition) is 2. The number of aliphatic hydroxyl groups excluding tert-OH is 1. The van der Waals surface area contributed by atoms with E-state index in [0.29, 0.717) is 12.1 Å². The molecule has 1 unspecified atom stereocenters. The summed E-state index contributed by atoms with van der Waals surface area (Å²) in [5.41, 5.74) is -0.398. The number of thiol groups is 1. The second kappa shape index (κ2) is 4.03. The van der Waals surface area contributed by atoms with E-state index in [1.165, 1.54) is 16.7 Å². The molecule has 6 heteroatoms. The summed E-state index contributed by atoms with van der Waals surface area (Å²) >= 11 is 5.31. The van der Waals surface area contributed by atoms with Crippen molar-refractivity contribution in [3.63, 3.8) is 0 Å². The first-order chi connectivity index (χ1) is 7.85. The van der Waals surface area contributed by atoms with Crippen molar-refractivity contribution in [2.45, 2.75) is 38.7 Å². The molecule has 17 heavy (non-hydrogen) atoms. The lowest BCUT2D eigenvalue weighted by Crippen LogP contribution is -2.68. The molecule has 0 saturated carbocycles. The molecule has 0 aromatic rings. The first-order valence-electron chi connectivity index (χ1n) is 5.50. The Hall–Kier alpha value is -0.460. The van der Waals surface area contributed by atoms with Crippen LogP contribution in [0, 0.1) is 5.41 Å². The van der Waals surface area contributed by atoms with Crippen LogP contribution in [0.25, 0.3) is 0 Å². The molecule has 1 amide bonds. The SMILES string of the molecule is CCC1=C(C(=O)S)N2C(=O)[C@](C)(C(C)O)[C@H]2S1. The van der Waals surface area contributed by atoms with Crippen LogP contribution in [0.3, 0.4) is 0 Å². The van der Waals surface area contributed by atoms with E-state index < -0.39 is 11.5 Å². The standard InChI is InChI=1S/C11H15NO3S2/c1-4-6-7(8(14)16)12-9(15)11(3,5(2)13)10(12)17-6/h5,10,13H,4H2,1-3H3,(H,14,16)/t5?,10-,11+/m1/s1. The fourth-order valence-electron chi connectivity index (χ4n) is 2.25. The average Bonchev–Trinajstić information content (AvgIpc) is 2.63. The molecule has 94 valence electrons. The number of aliphatic hydroxyl groups is 1. The first-order valence-corrected chi connectivity index (χ1v) is 6.83. The minimum Gasteiger partial charge on any atom is -0.392 e. The number of carbonyl (C=O) groups excluding carboxylic acids is 2. The number of amides is 1. The van der Waals surface area contributed by atoms with Crippen LogP contribution in [0.5, 0.6) is 0 Å². The Morgan fingerprint density at radius 2 is 2.29 bits per heavy atom. The predicted molar refractivity (Wildman–Crippen MR) is 69.3 cm³/mol. The molecule has 2 heterocycles. The molecule has 2 aliphatic rings. The van der Waals surface area contributed by atoms with Gasteiger partial charge in [-0.1, -0.05) is 19.6 Å². The second-order valence-corrected chi connectivity index (χ2v) is 6.12. The highest BCUT2D eigenvalue weighted by Gasteiger charge is 2.65. The first kappa shape index (κ1) is 13.0. The molecule has 2 aliphatic heterocycles. The monoisotopic (exact) mass is 273 g/mol. The van der Waals surface area contributed by atoms with Gasteiger partial charge in [0.1, 0.15) is 16.5 Å². The van der Waals surface area contributed by atoms with Crippen LogP contribution in [-0.2, 0) is 9.59 Å². The molecule has 0 bridgehead atoms. The molecule has 0 spiro atoms. The van der Waals surface area contributed by atoms with Gasteiger partial charge in [0.05, 0.1) is 6.10 Å². The molecule has 0 aromatic heterocycles. The van der Waals surface area contributed by atoms with Crippen molar-refractivity contribution >= 4 is 35.4 Å². The summed E-state index contributed by atoms with van der Waals surface area (Å²) < 4.78 is 0. The Kier molecular flexibility index (Phi) is 3.08. The number of carbonyl (C=O) groups is 2. The molecule has 0 radical (unpaired) electrons. The Balaban J connectivity index is 2.37. The van der Waals surface area contributed by atoms with E-state index in [1.807, 2.05) is 6.92 Å². The minimum absolute atomic E-state index is 0.170. The van der Waals surface area contributed by atoms with Crippen molar-refractivity contribution in [3.05, 3.63) is 10.6 Å². The maximum absolute atomic E-state index is 12.1. The third-order valence-electron chi connectivity index (χ3n) is 3.58. The van der Waals surface area contributed by atoms with Gasteiger partial charge in [-0.25, -0.2) is 0 Å². The maximum atomic E-state index is 12.1. The van der Waals surface area contributed by atoms with E-state index in [1.54, 1.807) is 13.8 Å². The minimum atomic E-state index is -0.796. The highest BCUT2D eigenvalue weighted by atomic mass is 32.2. The normalized spacial score (nSPS) is 33.6. The van der Waals surface area contributed by atoms with Crippen LogP contribution in [0.15, 0.2) is 10.6 Å². The van der Waals surface area contributed by atoms with Gasteiger partial charge in [0, 0.05) is 4.91 Å². The Morgan fingerprint density at radius 1 is 1.71 bits per heavy atom. The molecule has 3 atom stereocenters. The Morgan fingerprint density at radius 3 is 2.71 bits per heavy atom. The molecule has 0 aromatic carbocycles. The van der Waals surface area contributed by atoms with E-state index in [9.17, 15) is 14.7 Å². The number of fused-ring (bicyclic) bond motifs is 1. The van der Waals surface area contributed by atoms with Crippen molar-refractivity contribution in [1.29, 1.82) is 0 Å². The summed E-state index contributed by atoms with van der Waals surface area (Å²) in [5.74, 6) is -0.189. The summed E-state index contributed by atoms with van der Waals surface area (Å²) in [4.78, 5) is 25.9. The van der Waals surface area contributed by atoms with Crippen LogP contribution in [-0.4, -0.2) is 32.5 Å². The zero-order valence-corrected chi connectivity index (χ0v) is 11.6. The molecule has 1 saturated heterocycles. The summed E-state index contributed by atoms with van der Waals surface area (Å²) in [7, 11) is 0. The number of rotatable bonds is 3. The number of allylic oxidation sites excluding steroid dienone is 1. The zero-order valence-electron chi connectivity index (χ0n) is 9.93. The summed E-state index contributed by atoms with van der Waals surface area (Å²) in [6.45, 7) is 5.30. The lowest BCUT2D eigenvalue weighted by Gasteiger charge is -2.52. The van der Waals surface area contributed by atoms with Gasteiger partial charge in [-0.05, 0) is 20.3 Å². The average molecular weight is 273 g/mol. The summed E-state index contributed by atoms with van der Waals surface area (Å²) in [6.07, 6.45) is -0.0288. The van der Waals surface area contributed by atoms with Crippen molar-refractivity contribution in [2.24, 2.45) is 5.41 Å². The van der Waals surface area contributed by atoms with E-state index in [2.05, 4.69) is 12.6 Å². The molecule has 1 N–H and O–H groups in total. The lowest BCUT2D eigenvalue weighted by atomic mass is 9.75.